The largest absolute Gasteiger partial charge is 0.504 e. The van der Waals surface area contributed by atoms with Gasteiger partial charge in [-0.2, -0.15) is 13.2 Å². The van der Waals surface area contributed by atoms with E-state index >= 15 is 0 Å². The number of pyridine rings is 1. The molecule has 0 aliphatic rings. The second kappa shape index (κ2) is 6.33. The number of amides is 1. The molecule has 5 nitrogen and oxygen atoms in total. The van der Waals surface area contributed by atoms with Crippen LogP contribution in [0.4, 0.5) is 19.0 Å². The predicted octanol–water partition coefficient (Wildman–Crippen LogP) is 2.82. The topological polar surface area (TPSA) is 71.5 Å². The van der Waals surface area contributed by atoms with Gasteiger partial charge in [-0.3, -0.25) is 4.79 Å². The average molecular weight is 312 g/mol. The Morgan fingerprint density at radius 2 is 1.95 bits per heavy atom. The molecule has 2 N–H and O–H groups in total. The molecule has 0 bridgehead atoms. The number of carbonyl (C=O) groups is 1. The highest BCUT2D eigenvalue weighted by atomic mass is 19.4. The smallest absolute Gasteiger partial charge is 0.419 e. The first-order valence-corrected chi connectivity index (χ1v) is 6.11. The first-order chi connectivity index (χ1) is 10.4. The van der Waals surface area contributed by atoms with Crippen LogP contribution >= 0.6 is 0 Å². The molecule has 1 heterocycles. The Balaban J connectivity index is 2.02. The molecule has 0 fully saturated rings. The van der Waals surface area contributed by atoms with E-state index in [1.807, 2.05) is 0 Å². The quantitative estimate of drug-likeness (QED) is 0.910. The van der Waals surface area contributed by atoms with E-state index in [4.69, 9.17) is 4.74 Å². The third-order valence-corrected chi connectivity index (χ3v) is 2.60. The molecule has 116 valence electrons. The molecule has 0 radical (unpaired) electrons. The van der Waals surface area contributed by atoms with Crippen LogP contribution in [-0.2, 0) is 11.0 Å². The van der Waals surface area contributed by atoms with E-state index < -0.39 is 30.0 Å². The lowest BCUT2D eigenvalue weighted by Crippen LogP contribution is -2.21. The SMILES string of the molecule is O=C(COc1ccccc1C(F)(F)F)Nc1ncccc1O. The average Bonchev–Trinajstić information content (AvgIpc) is 2.47. The number of para-hydroxylation sites is 1. The van der Waals surface area contributed by atoms with Gasteiger partial charge in [0.25, 0.3) is 5.91 Å². The number of ether oxygens (including phenoxy) is 1. The van der Waals surface area contributed by atoms with E-state index in [-0.39, 0.29) is 11.6 Å². The first kappa shape index (κ1) is 15.6. The number of aromatic nitrogens is 1. The third-order valence-electron chi connectivity index (χ3n) is 2.60. The number of anilines is 1. The van der Waals surface area contributed by atoms with Crippen LogP contribution in [0.15, 0.2) is 42.6 Å². The van der Waals surface area contributed by atoms with E-state index in [0.717, 1.165) is 12.1 Å². The number of nitrogens with one attached hydrogen (secondary N) is 1. The van der Waals surface area contributed by atoms with Crippen LogP contribution in [0.2, 0.25) is 0 Å². The van der Waals surface area contributed by atoms with Crippen LogP contribution in [0.5, 0.6) is 11.5 Å². The van der Waals surface area contributed by atoms with Crippen molar-refractivity contribution in [3.05, 3.63) is 48.2 Å². The minimum Gasteiger partial charge on any atom is -0.504 e. The number of benzene rings is 1. The number of nitrogens with zero attached hydrogens (tertiary/aromatic N) is 1. The lowest BCUT2D eigenvalue weighted by Gasteiger charge is -2.13. The van der Waals surface area contributed by atoms with Crippen molar-refractivity contribution in [1.82, 2.24) is 4.98 Å². The maximum absolute atomic E-state index is 12.7. The highest BCUT2D eigenvalue weighted by Gasteiger charge is 2.34. The zero-order valence-electron chi connectivity index (χ0n) is 11.1. The summed E-state index contributed by atoms with van der Waals surface area (Å²) in [6.45, 7) is -0.650. The first-order valence-electron chi connectivity index (χ1n) is 6.11. The maximum Gasteiger partial charge on any atom is 0.419 e. The normalized spacial score (nSPS) is 11.0. The Hall–Kier alpha value is -2.77. The fraction of sp³-hybridized carbons (Fsp3) is 0.143. The van der Waals surface area contributed by atoms with E-state index in [9.17, 15) is 23.1 Å². The molecule has 2 rings (SSSR count). The summed E-state index contributed by atoms with van der Waals surface area (Å²) >= 11 is 0. The van der Waals surface area contributed by atoms with E-state index in [1.165, 1.54) is 30.5 Å². The molecule has 2 aromatic rings. The molecule has 22 heavy (non-hydrogen) atoms. The number of hydrogen-bond acceptors (Lipinski definition) is 4. The second-order valence-electron chi connectivity index (χ2n) is 4.20. The summed E-state index contributed by atoms with van der Waals surface area (Å²) in [6, 6.07) is 7.34. The highest BCUT2D eigenvalue weighted by Crippen LogP contribution is 2.35. The summed E-state index contributed by atoms with van der Waals surface area (Å²) in [4.78, 5) is 15.3. The van der Waals surface area contributed by atoms with Gasteiger partial charge in [-0.25, -0.2) is 4.98 Å². The minimum atomic E-state index is -4.58. The number of halogens is 3. The van der Waals surface area contributed by atoms with Crippen molar-refractivity contribution in [2.75, 3.05) is 11.9 Å². The van der Waals surface area contributed by atoms with Gasteiger partial charge in [-0.15, -0.1) is 0 Å². The summed E-state index contributed by atoms with van der Waals surface area (Å²) in [7, 11) is 0. The van der Waals surface area contributed by atoms with Crippen molar-refractivity contribution in [2.24, 2.45) is 0 Å². The lowest BCUT2D eigenvalue weighted by atomic mass is 10.2. The number of carbonyl (C=O) groups excluding carboxylic acids is 1. The Morgan fingerprint density at radius 3 is 2.64 bits per heavy atom. The van der Waals surface area contributed by atoms with Gasteiger partial charge in [0.15, 0.2) is 18.2 Å². The zero-order valence-corrected chi connectivity index (χ0v) is 11.1. The minimum absolute atomic E-state index is 0.0970. The van der Waals surface area contributed by atoms with Crippen molar-refractivity contribution >= 4 is 11.7 Å². The highest BCUT2D eigenvalue weighted by molar-refractivity contribution is 5.92. The van der Waals surface area contributed by atoms with Crippen LogP contribution in [0, 0.1) is 0 Å². The van der Waals surface area contributed by atoms with Crippen LogP contribution in [0.1, 0.15) is 5.56 Å². The molecule has 0 unspecified atom stereocenters. The Bertz CT molecular complexity index is 674. The molecule has 1 amide bonds. The fourth-order valence-electron chi connectivity index (χ4n) is 1.63. The molecule has 0 aliphatic heterocycles. The standard InChI is InChI=1S/C14H11F3N2O3/c15-14(16,17)9-4-1-2-6-11(9)22-8-12(21)19-13-10(20)5-3-7-18-13/h1-7,20H,8H2,(H,18,19,21). The monoisotopic (exact) mass is 312 g/mol. The Morgan fingerprint density at radius 1 is 1.23 bits per heavy atom. The summed E-state index contributed by atoms with van der Waals surface area (Å²) < 4.78 is 43.1. The van der Waals surface area contributed by atoms with Gasteiger partial charge < -0.3 is 15.2 Å². The van der Waals surface area contributed by atoms with Gasteiger partial charge in [-0.05, 0) is 24.3 Å². The van der Waals surface area contributed by atoms with Crippen LogP contribution in [-0.4, -0.2) is 22.6 Å². The third kappa shape index (κ3) is 3.87. The van der Waals surface area contributed by atoms with Gasteiger partial charge in [0.05, 0.1) is 5.56 Å². The maximum atomic E-state index is 12.7. The molecule has 0 atom stereocenters. The molecular formula is C14H11F3N2O3. The van der Waals surface area contributed by atoms with Crippen molar-refractivity contribution in [2.45, 2.75) is 6.18 Å². The number of alkyl halides is 3. The summed E-state index contributed by atoms with van der Waals surface area (Å²) in [6.07, 6.45) is -3.23. The molecular weight excluding hydrogens is 301 g/mol. The zero-order chi connectivity index (χ0) is 16.2. The molecule has 1 aromatic heterocycles. The Labute approximate surface area is 123 Å². The van der Waals surface area contributed by atoms with Gasteiger partial charge in [0.1, 0.15) is 5.75 Å². The van der Waals surface area contributed by atoms with E-state index in [2.05, 4.69) is 10.3 Å². The molecule has 8 heteroatoms. The van der Waals surface area contributed by atoms with Crippen molar-refractivity contribution < 1.29 is 27.8 Å². The van der Waals surface area contributed by atoms with Gasteiger partial charge in [-0.1, -0.05) is 12.1 Å². The van der Waals surface area contributed by atoms with Crippen molar-refractivity contribution in [3.63, 3.8) is 0 Å². The van der Waals surface area contributed by atoms with Crippen molar-refractivity contribution in [1.29, 1.82) is 0 Å². The summed E-state index contributed by atoms with van der Waals surface area (Å²) in [5.74, 6) is -1.55. The van der Waals surface area contributed by atoms with E-state index in [1.54, 1.807) is 0 Å². The number of aromatic hydroxyl groups is 1. The lowest BCUT2D eigenvalue weighted by molar-refractivity contribution is -0.139. The fourth-order valence-corrected chi connectivity index (χ4v) is 1.63. The van der Waals surface area contributed by atoms with Crippen LogP contribution in [0.25, 0.3) is 0 Å². The number of hydrogen-bond donors (Lipinski definition) is 2. The summed E-state index contributed by atoms with van der Waals surface area (Å²) in [5, 5.41) is 11.7. The summed E-state index contributed by atoms with van der Waals surface area (Å²) in [5.41, 5.74) is -0.969. The molecule has 0 aliphatic carbocycles. The Kier molecular flexibility index (Phi) is 4.50. The molecule has 0 saturated heterocycles. The molecule has 0 saturated carbocycles. The molecule has 0 spiro atoms. The van der Waals surface area contributed by atoms with Crippen LogP contribution < -0.4 is 10.1 Å². The van der Waals surface area contributed by atoms with Crippen molar-refractivity contribution in [3.8, 4) is 11.5 Å². The molecule has 1 aromatic carbocycles. The van der Waals surface area contributed by atoms with E-state index in [0.29, 0.717) is 0 Å². The second-order valence-corrected chi connectivity index (χ2v) is 4.20. The van der Waals surface area contributed by atoms with Gasteiger partial charge in [0.2, 0.25) is 0 Å². The van der Waals surface area contributed by atoms with Gasteiger partial charge >= 0.3 is 6.18 Å². The van der Waals surface area contributed by atoms with Crippen LogP contribution in [0.3, 0.4) is 0 Å². The number of rotatable bonds is 4. The van der Waals surface area contributed by atoms with Gasteiger partial charge in [0, 0.05) is 6.20 Å². The predicted molar refractivity (Wildman–Crippen MR) is 71.5 cm³/mol.